The van der Waals surface area contributed by atoms with E-state index in [0.29, 0.717) is 13.2 Å². The smallest absolute Gasteiger partial charge is 0.122 e. The Labute approximate surface area is 126 Å². The average molecular weight is 282 g/mol. The number of fused-ring (bicyclic) bond motifs is 1. The van der Waals surface area contributed by atoms with Crippen molar-refractivity contribution in [2.45, 2.75) is 26.2 Å². The van der Waals surface area contributed by atoms with Crippen molar-refractivity contribution >= 4 is 0 Å². The number of hydrogen-bond acceptors (Lipinski definition) is 2. The molecule has 2 heteroatoms. The summed E-state index contributed by atoms with van der Waals surface area (Å²) in [6.45, 7) is 3.35. The van der Waals surface area contributed by atoms with Crippen LogP contribution >= 0.6 is 0 Å². The Morgan fingerprint density at radius 3 is 2.62 bits per heavy atom. The Morgan fingerprint density at radius 1 is 0.952 bits per heavy atom. The third-order valence-electron chi connectivity index (χ3n) is 4.27. The first-order chi connectivity index (χ1) is 10.3. The molecule has 3 rings (SSSR count). The van der Waals surface area contributed by atoms with Crippen LogP contribution in [0.25, 0.3) is 11.1 Å². The van der Waals surface area contributed by atoms with Gasteiger partial charge in [0.15, 0.2) is 0 Å². The maximum atomic E-state index is 5.83. The van der Waals surface area contributed by atoms with Gasteiger partial charge in [-0.25, -0.2) is 0 Å². The lowest BCUT2D eigenvalue weighted by Gasteiger charge is -2.15. The summed E-state index contributed by atoms with van der Waals surface area (Å²) < 4.78 is 10.9. The molecule has 0 radical (unpaired) electrons. The summed E-state index contributed by atoms with van der Waals surface area (Å²) in [7, 11) is 1.69. The number of benzene rings is 2. The molecule has 2 aromatic rings. The minimum atomic E-state index is 0.591. The summed E-state index contributed by atoms with van der Waals surface area (Å²) in [5.74, 6) is 0.958. The highest BCUT2D eigenvalue weighted by molar-refractivity contribution is 5.74. The summed E-state index contributed by atoms with van der Waals surface area (Å²) in [6.07, 6.45) is 3.68. The molecule has 0 fully saturated rings. The molecule has 0 saturated carbocycles. The Bertz CT molecular complexity index is 631. The fraction of sp³-hybridized carbons (Fsp3) is 0.368. The van der Waals surface area contributed by atoms with Crippen LogP contribution in [0.3, 0.4) is 0 Å². The highest BCUT2D eigenvalue weighted by atomic mass is 16.5. The van der Waals surface area contributed by atoms with Gasteiger partial charge in [0.2, 0.25) is 0 Å². The molecule has 1 aliphatic rings. The number of rotatable bonds is 5. The third kappa shape index (κ3) is 2.81. The van der Waals surface area contributed by atoms with Gasteiger partial charge in [-0.15, -0.1) is 0 Å². The Morgan fingerprint density at radius 2 is 1.76 bits per heavy atom. The number of aryl methyl sites for hydroxylation is 1. The van der Waals surface area contributed by atoms with E-state index in [1.807, 2.05) is 6.07 Å². The van der Waals surface area contributed by atoms with Gasteiger partial charge in [-0.3, -0.25) is 0 Å². The first-order valence-corrected chi connectivity index (χ1v) is 7.63. The molecule has 0 aliphatic heterocycles. The summed E-state index contributed by atoms with van der Waals surface area (Å²) in [5.41, 5.74) is 6.92. The van der Waals surface area contributed by atoms with E-state index in [1.54, 1.807) is 7.11 Å². The van der Waals surface area contributed by atoms with Crippen LogP contribution in [0.1, 0.15) is 23.1 Å². The summed E-state index contributed by atoms with van der Waals surface area (Å²) in [6, 6.07) is 13.0. The molecule has 21 heavy (non-hydrogen) atoms. The second kappa shape index (κ2) is 6.31. The molecule has 0 N–H and O–H groups in total. The van der Waals surface area contributed by atoms with Crippen LogP contribution in [0.5, 0.6) is 5.75 Å². The molecule has 0 bridgehead atoms. The predicted molar refractivity (Wildman–Crippen MR) is 86.0 cm³/mol. The Balaban J connectivity index is 1.96. The molecule has 0 unspecified atom stereocenters. The van der Waals surface area contributed by atoms with Gasteiger partial charge in [0.25, 0.3) is 0 Å². The van der Waals surface area contributed by atoms with Gasteiger partial charge in [-0.2, -0.15) is 0 Å². The lowest BCUT2D eigenvalue weighted by molar-refractivity contribution is 0.146. The molecule has 2 aromatic carbocycles. The quantitative estimate of drug-likeness (QED) is 0.766. The van der Waals surface area contributed by atoms with Crippen molar-refractivity contribution < 1.29 is 9.47 Å². The van der Waals surface area contributed by atoms with Crippen LogP contribution < -0.4 is 4.74 Å². The van der Waals surface area contributed by atoms with Gasteiger partial charge >= 0.3 is 0 Å². The Hall–Kier alpha value is -1.80. The highest BCUT2D eigenvalue weighted by Crippen LogP contribution is 2.36. The van der Waals surface area contributed by atoms with Crippen molar-refractivity contribution in [3.05, 3.63) is 53.1 Å². The van der Waals surface area contributed by atoms with Crippen molar-refractivity contribution in [1.29, 1.82) is 0 Å². The second-order valence-corrected chi connectivity index (χ2v) is 5.57. The molecule has 0 saturated heterocycles. The molecule has 2 nitrogen and oxygen atoms in total. The molecule has 0 amide bonds. The topological polar surface area (TPSA) is 18.5 Å². The van der Waals surface area contributed by atoms with E-state index in [2.05, 4.69) is 37.3 Å². The number of hydrogen-bond donors (Lipinski definition) is 0. The zero-order chi connectivity index (χ0) is 14.7. The van der Waals surface area contributed by atoms with Crippen LogP contribution in [0, 0.1) is 6.92 Å². The first-order valence-electron chi connectivity index (χ1n) is 7.63. The van der Waals surface area contributed by atoms with E-state index in [9.17, 15) is 0 Å². The number of methoxy groups -OCH3 is 1. The fourth-order valence-corrected chi connectivity index (χ4v) is 3.17. The van der Waals surface area contributed by atoms with Crippen LogP contribution in [0.4, 0.5) is 0 Å². The van der Waals surface area contributed by atoms with Gasteiger partial charge in [0, 0.05) is 7.11 Å². The molecular formula is C19H22O2. The van der Waals surface area contributed by atoms with Gasteiger partial charge in [-0.1, -0.05) is 30.3 Å². The predicted octanol–water partition coefficient (Wildman–Crippen LogP) is 4.18. The maximum Gasteiger partial charge on any atom is 0.122 e. The van der Waals surface area contributed by atoms with E-state index in [4.69, 9.17) is 9.47 Å². The molecule has 0 atom stereocenters. The molecular weight excluding hydrogens is 260 g/mol. The zero-order valence-corrected chi connectivity index (χ0v) is 12.8. The highest BCUT2D eigenvalue weighted by Gasteiger charge is 2.17. The van der Waals surface area contributed by atoms with Gasteiger partial charge < -0.3 is 9.47 Å². The normalized spacial score (nSPS) is 13.2. The van der Waals surface area contributed by atoms with E-state index in [0.717, 1.165) is 5.75 Å². The van der Waals surface area contributed by atoms with Crippen LogP contribution in [-0.2, 0) is 17.6 Å². The van der Waals surface area contributed by atoms with Crippen molar-refractivity contribution in [2.75, 3.05) is 20.3 Å². The largest absolute Gasteiger partial charge is 0.491 e. The number of ether oxygens (including phenoxy) is 2. The van der Waals surface area contributed by atoms with E-state index >= 15 is 0 Å². The van der Waals surface area contributed by atoms with Gasteiger partial charge in [0.05, 0.1) is 6.61 Å². The van der Waals surface area contributed by atoms with Gasteiger partial charge in [0.1, 0.15) is 12.4 Å². The van der Waals surface area contributed by atoms with E-state index in [-0.39, 0.29) is 0 Å². The molecule has 0 heterocycles. The van der Waals surface area contributed by atoms with Crippen LogP contribution in [-0.4, -0.2) is 20.3 Å². The van der Waals surface area contributed by atoms with E-state index in [1.165, 1.54) is 47.1 Å². The minimum Gasteiger partial charge on any atom is -0.491 e. The third-order valence-corrected chi connectivity index (χ3v) is 4.27. The Kier molecular flexibility index (Phi) is 4.26. The zero-order valence-electron chi connectivity index (χ0n) is 12.8. The summed E-state index contributed by atoms with van der Waals surface area (Å²) >= 11 is 0. The second-order valence-electron chi connectivity index (χ2n) is 5.57. The molecule has 0 spiro atoms. The summed E-state index contributed by atoms with van der Waals surface area (Å²) in [5, 5.41) is 0. The van der Waals surface area contributed by atoms with Crippen molar-refractivity contribution in [3.8, 4) is 16.9 Å². The minimum absolute atomic E-state index is 0.591. The maximum absolute atomic E-state index is 5.83. The van der Waals surface area contributed by atoms with Crippen LogP contribution in [0.2, 0.25) is 0 Å². The molecule has 110 valence electrons. The van der Waals surface area contributed by atoms with E-state index < -0.39 is 0 Å². The summed E-state index contributed by atoms with van der Waals surface area (Å²) in [4.78, 5) is 0. The van der Waals surface area contributed by atoms with Crippen molar-refractivity contribution in [3.63, 3.8) is 0 Å². The van der Waals surface area contributed by atoms with Crippen LogP contribution in [0.15, 0.2) is 36.4 Å². The lowest BCUT2D eigenvalue weighted by atomic mass is 9.93. The fourth-order valence-electron chi connectivity index (χ4n) is 3.17. The van der Waals surface area contributed by atoms with Gasteiger partial charge in [-0.05, 0) is 60.1 Å². The first kappa shape index (κ1) is 14.2. The molecule has 1 aliphatic carbocycles. The lowest BCUT2D eigenvalue weighted by Crippen LogP contribution is -2.05. The van der Waals surface area contributed by atoms with Crippen molar-refractivity contribution in [1.82, 2.24) is 0 Å². The average Bonchev–Trinajstić information content (AvgIpc) is 2.98. The monoisotopic (exact) mass is 282 g/mol. The van der Waals surface area contributed by atoms with Crippen molar-refractivity contribution in [2.24, 2.45) is 0 Å². The molecule has 0 aromatic heterocycles. The standard InChI is InChI=1S/C19H22O2/c1-14-16(8-5-11-19(14)21-13-12-20-2)18-10-4-7-15-6-3-9-17(15)18/h4-5,7-8,10-11H,3,6,9,12-13H2,1-2H3. The SMILES string of the molecule is COCCOc1cccc(-c2cccc3c2CCC3)c1C.